The zero-order valence-corrected chi connectivity index (χ0v) is 18.4. The maximum Gasteiger partial charge on any atom is 0.344 e. The zero-order chi connectivity index (χ0) is 22.2. The third-order valence-corrected chi connectivity index (χ3v) is 4.96. The SMILES string of the molecule is C=CCOC(=O)COc1c2ccccc2c(OCC(=O)OCC=C)c2c(Br)cccc12. The van der Waals surface area contributed by atoms with Gasteiger partial charge in [0.25, 0.3) is 0 Å². The van der Waals surface area contributed by atoms with E-state index in [9.17, 15) is 9.59 Å². The summed E-state index contributed by atoms with van der Waals surface area (Å²) >= 11 is 3.56. The van der Waals surface area contributed by atoms with E-state index < -0.39 is 11.9 Å². The molecule has 0 saturated heterocycles. The van der Waals surface area contributed by atoms with Gasteiger partial charge in [0.15, 0.2) is 13.2 Å². The van der Waals surface area contributed by atoms with Crippen LogP contribution in [0.15, 0.2) is 72.2 Å². The molecule has 0 aliphatic rings. The van der Waals surface area contributed by atoms with Crippen molar-refractivity contribution in [3.63, 3.8) is 0 Å². The Kier molecular flexibility index (Phi) is 7.67. The van der Waals surface area contributed by atoms with Crippen LogP contribution in [0, 0.1) is 0 Å². The molecule has 0 spiro atoms. The van der Waals surface area contributed by atoms with Crippen molar-refractivity contribution in [1.82, 2.24) is 0 Å². The standard InChI is InChI=1S/C24H21BrO6/c1-3-12-28-20(26)14-30-23-16-8-5-6-9-17(16)24(31-15-21(27)29-13-4-2)22-18(23)10-7-11-19(22)25/h3-11H,1-2,12-15H2. The first kappa shape index (κ1) is 22.4. The summed E-state index contributed by atoms with van der Waals surface area (Å²) in [7, 11) is 0. The van der Waals surface area contributed by atoms with E-state index in [1.807, 2.05) is 42.5 Å². The highest BCUT2D eigenvalue weighted by Gasteiger charge is 2.20. The number of carbonyl (C=O) groups excluding carboxylic acids is 2. The summed E-state index contributed by atoms with van der Waals surface area (Å²) in [6.45, 7) is 6.76. The fourth-order valence-corrected chi connectivity index (χ4v) is 3.60. The lowest BCUT2D eigenvalue weighted by molar-refractivity contribution is -0.145. The lowest BCUT2D eigenvalue weighted by atomic mass is 10.0. The first-order chi connectivity index (χ1) is 15.1. The second-order valence-electron chi connectivity index (χ2n) is 6.39. The Morgan fingerprint density at radius 2 is 1.29 bits per heavy atom. The summed E-state index contributed by atoms with van der Waals surface area (Å²) in [5.74, 6) is 0.0196. The number of rotatable bonds is 10. The third kappa shape index (κ3) is 5.24. The third-order valence-electron chi connectivity index (χ3n) is 4.29. The lowest BCUT2D eigenvalue weighted by Gasteiger charge is -2.18. The maximum absolute atomic E-state index is 12.0. The lowest BCUT2D eigenvalue weighted by Crippen LogP contribution is -2.16. The van der Waals surface area contributed by atoms with Gasteiger partial charge in [0, 0.05) is 26.0 Å². The van der Waals surface area contributed by atoms with E-state index in [-0.39, 0.29) is 26.4 Å². The molecule has 3 rings (SSSR count). The first-order valence-electron chi connectivity index (χ1n) is 9.48. The van der Waals surface area contributed by atoms with Gasteiger partial charge in [-0.05, 0) is 6.07 Å². The van der Waals surface area contributed by atoms with E-state index in [1.54, 1.807) is 0 Å². The zero-order valence-electron chi connectivity index (χ0n) is 16.8. The molecule has 0 saturated carbocycles. The molecule has 6 nitrogen and oxygen atoms in total. The van der Waals surface area contributed by atoms with Gasteiger partial charge in [-0.3, -0.25) is 0 Å². The molecule has 0 N–H and O–H groups in total. The number of fused-ring (bicyclic) bond motifs is 2. The molecule has 3 aromatic carbocycles. The van der Waals surface area contributed by atoms with Crippen LogP contribution in [0.3, 0.4) is 0 Å². The summed E-state index contributed by atoms with van der Waals surface area (Å²) in [6, 6.07) is 13.0. The minimum atomic E-state index is -0.505. The van der Waals surface area contributed by atoms with Crippen molar-refractivity contribution in [3.8, 4) is 11.5 Å². The van der Waals surface area contributed by atoms with Crippen molar-refractivity contribution in [1.29, 1.82) is 0 Å². The minimum Gasteiger partial charge on any atom is -0.481 e. The molecule has 0 heterocycles. The van der Waals surface area contributed by atoms with Crippen molar-refractivity contribution in [3.05, 3.63) is 72.2 Å². The summed E-state index contributed by atoms with van der Waals surface area (Å²) < 4.78 is 22.6. The van der Waals surface area contributed by atoms with Crippen molar-refractivity contribution in [2.75, 3.05) is 26.4 Å². The number of benzene rings is 3. The monoisotopic (exact) mass is 484 g/mol. The maximum atomic E-state index is 12.0. The molecule has 0 aromatic heterocycles. The smallest absolute Gasteiger partial charge is 0.344 e. The van der Waals surface area contributed by atoms with Gasteiger partial charge in [0.1, 0.15) is 24.7 Å². The second kappa shape index (κ2) is 10.6. The number of ether oxygens (including phenoxy) is 4. The van der Waals surface area contributed by atoms with E-state index >= 15 is 0 Å². The predicted octanol–water partition coefficient (Wildman–Crippen LogP) is 4.97. The molecular formula is C24H21BrO6. The van der Waals surface area contributed by atoms with Crippen LogP contribution in [0.2, 0.25) is 0 Å². The summed E-state index contributed by atoms with van der Waals surface area (Å²) in [4.78, 5) is 23.9. The van der Waals surface area contributed by atoms with Crippen LogP contribution in [0.25, 0.3) is 21.5 Å². The van der Waals surface area contributed by atoms with Gasteiger partial charge in [-0.15, -0.1) is 0 Å². The van der Waals surface area contributed by atoms with Crippen molar-refractivity contribution in [2.45, 2.75) is 0 Å². The van der Waals surface area contributed by atoms with E-state index in [0.717, 1.165) is 20.6 Å². The van der Waals surface area contributed by atoms with Gasteiger partial charge < -0.3 is 18.9 Å². The average Bonchev–Trinajstić information content (AvgIpc) is 2.78. The predicted molar refractivity (Wildman–Crippen MR) is 122 cm³/mol. The van der Waals surface area contributed by atoms with Crippen LogP contribution in [-0.4, -0.2) is 38.4 Å². The largest absolute Gasteiger partial charge is 0.481 e. The highest BCUT2D eigenvalue weighted by molar-refractivity contribution is 9.10. The summed E-state index contributed by atoms with van der Waals surface area (Å²) in [5, 5.41) is 2.90. The summed E-state index contributed by atoms with van der Waals surface area (Å²) in [6.07, 6.45) is 2.98. The van der Waals surface area contributed by atoms with Crippen molar-refractivity contribution < 1.29 is 28.5 Å². The molecule has 3 aromatic rings. The van der Waals surface area contributed by atoms with Gasteiger partial charge in [-0.25, -0.2) is 9.59 Å². The van der Waals surface area contributed by atoms with Crippen LogP contribution >= 0.6 is 15.9 Å². The highest BCUT2D eigenvalue weighted by atomic mass is 79.9. The second-order valence-corrected chi connectivity index (χ2v) is 7.24. The molecule has 0 atom stereocenters. The van der Waals surface area contributed by atoms with Gasteiger partial charge in [0.05, 0.1) is 0 Å². The molecule has 7 heteroatoms. The Morgan fingerprint density at radius 1 is 0.774 bits per heavy atom. The molecule has 31 heavy (non-hydrogen) atoms. The average molecular weight is 485 g/mol. The van der Waals surface area contributed by atoms with Crippen LogP contribution in [0.4, 0.5) is 0 Å². The van der Waals surface area contributed by atoms with Gasteiger partial charge >= 0.3 is 11.9 Å². The van der Waals surface area contributed by atoms with E-state index in [2.05, 4.69) is 29.1 Å². The minimum absolute atomic E-state index is 0.113. The molecule has 0 radical (unpaired) electrons. The van der Waals surface area contributed by atoms with Gasteiger partial charge in [-0.1, -0.05) is 77.6 Å². The molecule has 0 unspecified atom stereocenters. The molecule has 0 amide bonds. The van der Waals surface area contributed by atoms with Crippen LogP contribution in [0.1, 0.15) is 0 Å². The van der Waals surface area contributed by atoms with E-state index in [0.29, 0.717) is 16.9 Å². The number of esters is 2. The number of carbonyl (C=O) groups is 2. The molecule has 0 bridgehead atoms. The Balaban J connectivity index is 2.06. The molecule has 0 fully saturated rings. The van der Waals surface area contributed by atoms with Crippen LogP contribution in [-0.2, 0) is 19.1 Å². The van der Waals surface area contributed by atoms with Crippen molar-refractivity contribution in [2.24, 2.45) is 0 Å². The molecule has 0 aliphatic heterocycles. The van der Waals surface area contributed by atoms with Gasteiger partial charge in [0.2, 0.25) is 0 Å². The van der Waals surface area contributed by atoms with E-state index in [1.165, 1.54) is 12.2 Å². The Bertz CT molecular complexity index is 1140. The fourth-order valence-electron chi connectivity index (χ4n) is 3.06. The molecule has 0 aliphatic carbocycles. The topological polar surface area (TPSA) is 71.1 Å². The Labute approximate surface area is 188 Å². The first-order valence-corrected chi connectivity index (χ1v) is 10.3. The van der Waals surface area contributed by atoms with E-state index in [4.69, 9.17) is 18.9 Å². The highest BCUT2D eigenvalue weighted by Crippen LogP contribution is 2.45. The number of halogens is 1. The molecule has 160 valence electrons. The van der Waals surface area contributed by atoms with Crippen LogP contribution in [0.5, 0.6) is 11.5 Å². The Hall–Kier alpha value is -3.32. The molecular weight excluding hydrogens is 464 g/mol. The summed E-state index contributed by atoms with van der Waals surface area (Å²) in [5.41, 5.74) is 0. The quantitative estimate of drug-likeness (QED) is 0.230. The number of hydrogen-bond donors (Lipinski definition) is 0. The van der Waals surface area contributed by atoms with Crippen molar-refractivity contribution >= 4 is 49.4 Å². The fraction of sp³-hybridized carbons (Fsp3) is 0.167. The van der Waals surface area contributed by atoms with Gasteiger partial charge in [-0.2, -0.15) is 0 Å². The normalized spacial score (nSPS) is 10.5. The Morgan fingerprint density at radius 3 is 1.87 bits per heavy atom. The number of hydrogen-bond acceptors (Lipinski definition) is 6. The van der Waals surface area contributed by atoms with Crippen LogP contribution < -0.4 is 9.47 Å².